The minimum atomic E-state index is -0.734. The van der Waals surface area contributed by atoms with Crippen LogP contribution in [0.25, 0.3) is 0 Å². The van der Waals surface area contributed by atoms with E-state index < -0.39 is 12.2 Å². The lowest BCUT2D eigenvalue weighted by Crippen LogP contribution is -2.28. The molecule has 1 aliphatic rings. The molecule has 2 atom stereocenters. The number of aliphatic hydroxyl groups is 2. The van der Waals surface area contributed by atoms with Crippen molar-refractivity contribution in [1.82, 2.24) is 0 Å². The molecule has 0 aromatic carbocycles. The first-order valence-electron chi connectivity index (χ1n) is 5.53. The van der Waals surface area contributed by atoms with E-state index in [4.69, 9.17) is 6.42 Å². The quantitative estimate of drug-likeness (QED) is 0.672. The van der Waals surface area contributed by atoms with E-state index in [1.54, 1.807) is 0 Å². The van der Waals surface area contributed by atoms with Gasteiger partial charge in [-0.25, -0.2) is 0 Å². The Morgan fingerprint density at radius 2 is 1.79 bits per heavy atom. The van der Waals surface area contributed by atoms with Crippen LogP contribution in [0.4, 0.5) is 0 Å². The standard InChI is InChI=1S/C12H20O2/c1-2-6-11(13)12(14)9-10-7-4-3-5-8-10/h1,10-14H,3-9H2. The number of terminal acetylenes is 1. The molecule has 0 radical (unpaired) electrons. The first-order valence-corrected chi connectivity index (χ1v) is 5.53. The summed E-state index contributed by atoms with van der Waals surface area (Å²) in [6.45, 7) is 0. The Bertz CT molecular complexity index is 189. The van der Waals surface area contributed by atoms with Crippen molar-refractivity contribution in [3.63, 3.8) is 0 Å². The summed E-state index contributed by atoms with van der Waals surface area (Å²) in [5.74, 6) is 2.96. The fourth-order valence-electron chi connectivity index (χ4n) is 2.18. The van der Waals surface area contributed by atoms with Crippen molar-refractivity contribution in [2.75, 3.05) is 0 Å². The van der Waals surface area contributed by atoms with E-state index in [-0.39, 0.29) is 6.42 Å². The second-order valence-electron chi connectivity index (χ2n) is 4.28. The van der Waals surface area contributed by atoms with E-state index in [1.165, 1.54) is 32.1 Å². The molecule has 80 valence electrons. The summed E-state index contributed by atoms with van der Waals surface area (Å²) in [5, 5.41) is 19.1. The molecule has 0 heterocycles. The number of hydrogen-bond acceptors (Lipinski definition) is 2. The van der Waals surface area contributed by atoms with Crippen LogP contribution in [0.2, 0.25) is 0 Å². The van der Waals surface area contributed by atoms with Gasteiger partial charge < -0.3 is 10.2 Å². The average molecular weight is 196 g/mol. The first-order chi connectivity index (χ1) is 6.74. The highest BCUT2D eigenvalue weighted by Crippen LogP contribution is 2.28. The van der Waals surface area contributed by atoms with Crippen molar-refractivity contribution in [2.24, 2.45) is 5.92 Å². The lowest BCUT2D eigenvalue weighted by atomic mass is 9.84. The van der Waals surface area contributed by atoms with Gasteiger partial charge in [0.15, 0.2) is 0 Å². The molecule has 2 heteroatoms. The molecular formula is C12H20O2. The lowest BCUT2D eigenvalue weighted by molar-refractivity contribution is 0.00481. The van der Waals surface area contributed by atoms with Crippen molar-refractivity contribution < 1.29 is 10.2 Å². The SMILES string of the molecule is C#CCC(O)C(O)CC1CCCCC1. The molecule has 2 N–H and O–H groups in total. The summed E-state index contributed by atoms with van der Waals surface area (Å²) < 4.78 is 0. The number of aliphatic hydroxyl groups excluding tert-OH is 2. The van der Waals surface area contributed by atoms with Crippen molar-refractivity contribution in [1.29, 1.82) is 0 Å². The Labute approximate surface area is 86.3 Å². The maximum Gasteiger partial charge on any atom is 0.0907 e. The smallest absolute Gasteiger partial charge is 0.0907 e. The van der Waals surface area contributed by atoms with Gasteiger partial charge in [0, 0.05) is 6.42 Å². The van der Waals surface area contributed by atoms with Gasteiger partial charge in [0.1, 0.15) is 0 Å². The zero-order valence-electron chi connectivity index (χ0n) is 8.65. The molecule has 0 spiro atoms. The Hall–Kier alpha value is -0.520. The Morgan fingerprint density at radius 3 is 2.36 bits per heavy atom. The molecule has 14 heavy (non-hydrogen) atoms. The van der Waals surface area contributed by atoms with Crippen LogP contribution in [-0.4, -0.2) is 22.4 Å². The molecule has 0 aromatic rings. The monoisotopic (exact) mass is 196 g/mol. The van der Waals surface area contributed by atoms with E-state index in [0.717, 1.165) is 0 Å². The Balaban J connectivity index is 2.24. The molecule has 0 bridgehead atoms. The summed E-state index contributed by atoms with van der Waals surface area (Å²) in [7, 11) is 0. The maximum atomic E-state index is 9.66. The molecule has 1 aliphatic carbocycles. The predicted octanol–water partition coefficient (Wildman–Crippen LogP) is 1.70. The van der Waals surface area contributed by atoms with Gasteiger partial charge in [-0.2, -0.15) is 0 Å². The molecule has 2 nitrogen and oxygen atoms in total. The highest BCUT2D eigenvalue weighted by molar-refractivity contribution is 4.89. The van der Waals surface area contributed by atoms with Crippen LogP contribution in [0.1, 0.15) is 44.9 Å². The van der Waals surface area contributed by atoms with Crippen LogP contribution in [0, 0.1) is 18.3 Å². The van der Waals surface area contributed by atoms with Gasteiger partial charge in [-0.3, -0.25) is 0 Å². The van der Waals surface area contributed by atoms with Gasteiger partial charge >= 0.3 is 0 Å². The lowest BCUT2D eigenvalue weighted by Gasteiger charge is -2.25. The van der Waals surface area contributed by atoms with Crippen molar-refractivity contribution in [2.45, 2.75) is 57.2 Å². The van der Waals surface area contributed by atoms with Gasteiger partial charge in [0.25, 0.3) is 0 Å². The van der Waals surface area contributed by atoms with Crippen LogP contribution in [0.15, 0.2) is 0 Å². The van der Waals surface area contributed by atoms with Gasteiger partial charge in [0.2, 0.25) is 0 Å². The summed E-state index contributed by atoms with van der Waals surface area (Å²) >= 11 is 0. The molecule has 1 saturated carbocycles. The molecule has 0 amide bonds. The van der Waals surface area contributed by atoms with Crippen molar-refractivity contribution in [3.05, 3.63) is 0 Å². The molecule has 2 unspecified atom stereocenters. The van der Waals surface area contributed by atoms with Crippen molar-refractivity contribution in [3.8, 4) is 12.3 Å². The second kappa shape index (κ2) is 6.06. The summed E-state index contributed by atoms with van der Waals surface area (Å²) in [5.41, 5.74) is 0. The third-order valence-electron chi connectivity index (χ3n) is 3.07. The summed E-state index contributed by atoms with van der Waals surface area (Å²) in [6, 6.07) is 0. The molecule has 0 saturated heterocycles. The van der Waals surface area contributed by atoms with Gasteiger partial charge in [-0.05, 0) is 12.3 Å². The van der Waals surface area contributed by atoms with E-state index in [0.29, 0.717) is 12.3 Å². The predicted molar refractivity (Wildman–Crippen MR) is 56.7 cm³/mol. The van der Waals surface area contributed by atoms with E-state index >= 15 is 0 Å². The fourth-order valence-corrected chi connectivity index (χ4v) is 2.18. The van der Waals surface area contributed by atoms with Crippen LogP contribution < -0.4 is 0 Å². The van der Waals surface area contributed by atoms with Crippen LogP contribution in [0.3, 0.4) is 0 Å². The topological polar surface area (TPSA) is 40.5 Å². The Morgan fingerprint density at radius 1 is 1.14 bits per heavy atom. The van der Waals surface area contributed by atoms with Gasteiger partial charge in [-0.1, -0.05) is 32.1 Å². The minimum Gasteiger partial charge on any atom is -0.390 e. The largest absolute Gasteiger partial charge is 0.390 e. The third-order valence-corrected chi connectivity index (χ3v) is 3.07. The van der Waals surface area contributed by atoms with Gasteiger partial charge in [-0.15, -0.1) is 12.3 Å². The first kappa shape index (κ1) is 11.6. The highest BCUT2D eigenvalue weighted by Gasteiger charge is 2.21. The normalized spacial score (nSPS) is 22.6. The van der Waals surface area contributed by atoms with Crippen LogP contribution in [-0.2, 0) is 0 Å². The summed E-state index contributed by atoms with van der Waals surface area (Å²) in [4.78, 5) is 0. The fraction of sp³-hybridized carbons (Fsp3) is 0.833. The highest BCUT2D eigenvalue weighted by atomic mass is 16.3. The zero-order valence-corrected chi connectivity index (χ0v) is 8.65. The molecule has 1 rings (SSSR count). The van der Waals surface area contributed by atoms with Crippen LogP contribution >= 0.6 is 0 Å². The van der Waals surface area contributed by atoms with Crippen LogP contribution in [0.5, 0.6) is 0 Å². The van der Waals surface area contributed by atoms with Crippen molar-refractivity contribution >= 4 is 0 Å². The second-order valence-corrected chi connectivity index (χ2v) is 4.28. The third kappa shape index (κ3) is 3.69. The zero-order chi connectivity index (χ0) is 10.4. The minimum absolute atomic E-state index is 0.258. The van der Waals surface area contributed by atoms with E-state index in [9.17, 15) is 10.2 Å². The van der Waals surface area contributed by atoms with E-state index in [2.05, 4.69) is 5.92 Å². The molecule has 0 aliphatic heterocycles. The average Bonchev–Trinajstić information content (AvgIpc) is 2.19. The number of rotatable bonds is 4. The van der Waals surface area contributed by atoms with E-state index in [1.807, 2.05) is 0 Å². The number of hydrogen-bond donors (Lipinski definition) is 2. The Kier molecular flexibility index (Phi) is 5.00. The van der Waals surface area contributed by atoms with Gasteiger partial charge in [0.05, 0.1) is 12.2 Å². The summed E-state index contributed by atoms with van der Waals surface area (Å²) in [6.07, 6.45) is 10.9. The molecule has 0 aromatic heterocycles. The molecule has 1 fully saturated rings. The maximum absolute atomic E-state index is 9.66. The molecular weight excluding hydrogens is 176 g/mol.